The van der Waals surface area contributed by atoms with Crippen molar-refractivity contribution >= 4 is 5.97 Å². The maximum Gasteiger partial charge on any atom is 0.321 e. The monoisotopic (exact) mass is 268 g/mol. The molecule has 0 bridgehead atoms. The van der Waals surface area contributed by atoms with Crippen molar-refractivity contribution in [2.75, 3.05) is 0 Å². The molecule has 0 aliphatic carbocycles. The second kappa shape index (κ2) is 5.43. The van der Waals surface area contributed by atoms with Crippen LogP contribution in [0.2, 0.25) is 0 Å². The van der Waals surface area contributed by atoms with Gasteiger partial charge in [-0.25, -0.2) is 0 Å². The van der Waals surface area contributed by atoms with Gasteiger partial charge in [0.2, 0.25) is 0 Å². The molecular weight excluding hydrogens is 252 g/mol. The lowest BCUT2D eigenvalue weighted by Crippen LogP contribution is -2.45. The van der Waals surface area contributed by atoms with Crippen LogP contribution in [-0.2, 0) is 24.3 Å². The molecule has 2 heterocycles. The number of hydrogen-bond donors (Lipinski definition) is 1. The van der Waals surface area contributed by atoms with E-state index < -0.39 is 12.0 Å². The highest BCUT2D eigenvalue weighted by atomic mass is 16.4. The van der Waals surface area contributed by atoms with Crippen LogP contribution in [0.15, 0.2) is 48.8 Å². The summed E-state index contributed by atoms with van der Waals surface area (Å²) in [5.41, 5.74) is 3.40. The lowest BCUT2D eigenvalue weighted by molar-refractivity contribution is -0.144. The molecule has 0 saturated heterocycles. The van der Waals surface area contributed by atoms with Crippen molar-refractivity contribution < 1.29 is 9.90 Å². The highest BCUT2D eigenvalue weighted by molar-refractivity contribution is 5.74. The van der Waals surface area contributed by atoms with Crippen LogP contribution in [0.4, 0.5) is 0 Å². The third kappa shape index (κ3) is 2.56. The largest absolute Gasteiger partial charge is 0.480 e. The van der Waals surface area contributed by atoms with E-state index in [1.165, 1.54) is 5.56 Å². The predicted molar refractivity (Wildman–Crippen MR) is 75.1 cm³/mol. The fraction of sp³-hybridized carbons (Fsp3) is 0.250. The lowest BCUT2D eigenvalue weighted by Gasteiger charge is -2.34. The Hall–Kier alpha value is -2.20. The number of aromatic nitrogens is 1. The molecule has 0 amide bonds. The summed E-state index contributed by atoms with van der Waals surface area (Å²) in [7, 11) is 0. The van der Waals surface area contributed by atoms with E-state index in [1.54, 1.807) is 12.4 Å². The molecule has 0 saturated carbocycles. The molecule has 3 rings (SSSR count). The summed E-state index contributed by atoms with van der Waals surface area (Å²) in [6.07, 6.45) is 4.08. The Bertz CT molecular complexity index is 613. The Labute approximate surface area is 117 Å². The fourth-order valence-corrected chi connectivity index (χ4v) is 2.71. The summed E-state index contributed by atoms with van der Waals surface area (Å²) in [6.45, 7) is 1.28. The van der Waals surface area contributed by atoms with E-state index in [1.807, 2.05) is 35.2 Å². The summed E-state index contributed by atoms with van der Waals surface area (Å²) >= 11 is 0. The summed E-state index contributed by atoms with van der Waals surface area (Å²) in [5.74, 6) is -0.761. The van der Waals surface area contributed by atoms with Gasteiger partial charge in [-0.3, -0.25) is 14.7 Å². The van der Waals surface area contributed by atoms with Crippen molar-refractivity contribution in [2.24, 2.45) is 0 Å². The minimum atomic E-state index is -0.761. The molecule has 0 fully saturated rings. The van der Waals surface area contributed by atoms with Crippen molar-refractivity contribution in [3.8, 4) is 0 Å². The molecule has 1 aliphatic rings. The van der Waals surface area contributed by atoms with Gasteiger partial charge in [-0.15, -0.1) is 0 Å². The number of carbonyl (C=O) groups is 1. The quantitative estimate of drug-likeness (QED) is 0.926. The number of benzene rings is 1. The van der Waals surface area contributed by atoms with Crippen LogP contribution in [0, 0.1) is 0 Å². The smallest absolute Gasteiger partial charge is 0.321 e. The Balaban J connectivity index is 1.87. The van der Waals surface area contributed by atoms with E-state index in [0.29, 0.717) is 19.5 Å². The maximum absolute atomic E-state index is 11.5. The number of fused-ring (bicyclic) bond motifs is 1. The van der Waals surface area contributed by atoms with Gasteiger partial charge < -0.3 is 5.11 Å². The normalized spacial score (nSPS) is 18.5. The zero-order chi connectivity index (χ0) is 13.9. The molecule has 1 aliphatic heterocycles. The zero-order valence-electron chi connectivity index (χ0n) is 11.1. The third-order valence-corrected chi connectivity index (χ3v) is 3.74. The minimum Gasteiger partial charge on any atom is -0.480 e. The van der Waals surface area contributed by atoms with E-state index in [-0.39, 0.29) is 0 Å². The Morgan fingerprint density at radius 1 is 1.25 bits per heavy atom. The molecular formula is C16H16N2O2. The highest BCUT2D eigenvalue weighted by Gasteiger charge is 2.31. The van der Waals surface area contributed by atoms with Crippen molar-refractivity contribution in [3.05, 3.63) is 65.5 Å². The first-order chi connectivity index (χ1) is 9.74. The van der Waals surface area contributed by atoms with E-state index >= 15 is 0 Å². The van der Waals surface area contributed by atoms with Gasteiger partial charge in [-0.05, 0) is 29.2 Å². The van der Waals surface area contributed by atoms with Crippen LogP contribution in [0.5, 0.6) is 0 Å². The predicted octanol–water partition coefficient (Wildman–Crippen LogP) is 2.09. The second-order valence-electron chi connectivity index (χ2n) is 5.09. The minimum absolute atomic E-state index is 0.467. The first-order valence-electron chi connectivity index (χ1n) is 6.66. The fourth-order valence-electron chi connectivity index (χ4n) is 2.71. The Morgan fingerprint density at radius 3 is 2.75 bits per heavy atom. The molecule has 0 spiro atoms. The Morgan fingerprint density at radius 2 is 2.05 bits per heavy atom. The van der Waals surface area contributed by atoms with E-state index in [0.717, 1.165) is 11.1 Å². The summed E-state index contributed by atoms with van der Waals surface area (Å²) in [4.78, 5) is 17.6. The number of carboxylic acid groups (broad SMARTS) is 1. The summed E-state index contributed by atoms with van der Waals surface area (Å²) in [6, 6.07) is 11.5. The second-order valence-corrected chi connectivity index (χ2v) is 5.09. The molecule has 1 aromatic heterocycles. The van der Waals surface area contributed by atoms with Gasteiger partial charge in [-0.2, -0.15) is 0 Å². The third-order valence-electron chi connectivity index (χ3n) is 3.74. The molecule has 1 N–H and O–H groups in total. The highest BCUT2D eigenvalue weighted by Crippen LogP contribution is 2.24. The molecule has 102 valence electrons. The topological polar surface area (TPSA) is 53.4 Å². The van der Waals surface area contributed by atoms with Gasteiger partial charge in [0.05, 0.1) is 0 Å². The first-order valence-corrected chi connectivity index (χ1v) is 6.66. The lowest BCUT2D eigenvalue weighted by atomic mass is 9.93. The zero-order valence-corrected chi connectivity index (χ0v) is 11.1. The van der Waals surface area contributed by atoms with Gasteiger partial charge in [0.15, 0.2) is 0 Å². The van der Waals surface area contributed by atoms with Crippen molar-refractivity contribution in [1.29, 1.82) is 0 Å². The number of nitrogens with zero attached hydrogens (tertiary/aromatic N) is 2. The number of pyridine rings is 1. The van der Waals surface area contributed by atoms with Crippen molar-refractivity contribution in [2.45, 2.75) is 25.6 Å². The maximum atomic E-state index is 11.5. The van der Waals surface area contributed by atoms with Gasteiger partial charge in [-0.1, -0.05) is 30.3 Å². The number of carboxylic acids is 1. The number of hydrogen-bond acceptors (Lipinski definition) is 3. The van der Waals surface area contributed by atoms with Crippen LogP contribution in [-0.4, -0.2) is 27.0 Å². The van der Waals surface area contributed by atoms with Crippen LogP contribution >= 0.6 is 0 Å². The molecule has 1 atom stereocenters. The van der Waals surface area contributed by atoms with Crippen molar-refractivity contribution in [1.82, 2.24) is 9.88 Å². The Kier molecular flexibility index (Phi) is 3.48. The average molecular weight is 268 g/mol. The van der Waals surface area contributed by atoms with Crippen LogP contribution in [0.3, 0.4) is 0 Å². The summed E-state index contributed by atoms with van der Waals surface area (Å²) in [5, 5.41) is 9.45. The van der Waals surface area contributed by atoms with Crippen molar-refractivity contribution in [3.63, 3.8) is 0 Å². The standard InChI is InChI=1S/C16H16N2O2/c19-16(20)15-8-13-5-1-2-6-14(13)11-18(15)10-12-4-3-7-17-9-12/h1-7,9,15H,8,10-11H2,(H,19,20)/t15-/m1/s1. The average Bonchev–Trinajstić information content (AvgIpc) is 2.47. The van der Waals surface area contributed by atoms with Gasteiger partial charge in [0.1, 0.15) is 6.04 Å². The van der Waals surface area contributed by atoms with Gasteiger partial charge in [0.25, 0.3) is 0 Å². The summed E-state index contributed by atoms with van der Waals surface area (Å²) < 4.78 is 0. The van der Waals surface area contributed by atoms with E-state index in [2.05, 4.69) is 11.1 Å². The molecule has 1 aromatic carbocycles. The van der Waals surface area contributed by atoms with Crippen LogP contribution in [0.25, 0.3) is 0 Å². The molecule has 2 aromatic rings. The first kappa shape index (κ1) is 12.8. The molecule has 20 heavy (non-hydrogen) atoms. The van der Waals surface area contributed by atoms with E-state index in [4.69, 9.17) is 0 Å². The number of aliphatic carboxylic acids is 1. The van der Waals surface area contributed by atoms with Crippen LogP contribution in [0.1, 0.15) is 16.7 Å². The SMILES string of the molecule is O=C(O)[C@H]1Cc2ccccc2CN1Cc1cccnc1. The molecule has 0 unspecified atom stereocenters. The molecule has 0 radical (unpaired) electrons. The van der Waals surface area contributed by atoms with Gasteiger partial charge in [0, 0.05) is 25.5 Å². The van der Waals surface area contributed by atoms with Crippen LogP contribution < -0.4 is 0 Å². The molecule has 4 nitrogen and oxygen atoms in total. The van der Waals surface area contributed by atoms with E-state index in [9.17, 15) is 9.90 Å². The molecule has 4 heteroatoms. The van der Waals surface area contributed by atoms with Gasteiger partial charge >= 0.3 is 5.97 Å². The number of rotatable bonds is 3.